The van der Waals surface area contributed by atoms with Gasteiger partial charge < -0.3 is 14.8 Å². The second-order valence-corrected chi connectivity index (χ2v) is 5.53. The lowest BCUT2D eigenvalue weighted by Crippen LogP contribution is -2.13. The Kier molecular flexibility index (Phi) is 3.94. The molecule has 0 radical (unpaired) electrons. The number of rotatable bonds is 4. The molecule has 0 aliphatic heterocycles. The summed E-state index contributed by atoms with van der Waals surface area (Å²) in [6, 6.07) is 3.23. The van der Waals surface area contributed by atoms with Crippen molar-refractivity contribution in [3.05, 3.63) is 39.7 Å². The minimum atomic E-state index is -1.05. The van der Waals surface area contributed by atoms with Crippen LogP contribution in [0.1, 0.15) is 44.0 Å². The standard InChI is InChI=1S/C14H15NO4S/c1-4-9-6-11(14(17)18)13(20-9)15-12(16)10-5-7(2)19-8(10)3/h5-6H,4H2,1-3H3,(H,15,16)(H,17,18). The molecule has 6 heteroatoms. The number of anilines is 1. The van der Waals surface area contributed by atoms with E-state index in [1.807, 2.05) is 6.92 Å². The summed E-state index contributed by atoms with van der Waals surface area (Å²) in [5, 5.41) is 12.2. The fourth-order valence-corrected chi connectivity index (χ4v) is 2.88. The second kappa shape index (κ2) is 5.50. The maximum absolute atomic E-state index is 12.2. The number of carboxylic acids is 1. The summed E-state index contributed by atoms with van der Waals surface area (Å²) in [4.78, 5) is 24.3. The normalized spacial score (nSPS) is 10.6. The molecule has 1 amide bonds. The first-order chi connectivity index (χ1) is 9.42. The maximum atomic E-state index is 12.2. The lowest BCUT2D eigenvalue weighted by Gasteiger charge is -2.02. The van der Waals surface area contributed by atoms with Crippen molar-refractivity contribution in [1.29, 1.82) is 0 Å². The van der Waals surface area contributed by atoms with Crippen molar-refractivity contribution in [3.63, 3.8) is 0 Å². The highest BCUT2D eigenvalue weighted by Gasteiger charge is 2.19. The van der Waals surface area contributed by atoms with E-state index in [0.717, 1.165) is 11.3 Å². The van der Waals surface area contributed by atoms with E-state index in [2.05, 4.69) is 5.32 Å². The summed E-state index contributed by atoms with van der Waals surface area (Å²) in [7, 11) is 0. The zero-order valence-electron chi connectivity index (χ0n) is 11.4. The Balaban J connectivity index is 2.30. The summed E-state index contributed by atoms with van der Waals surface area (Å²) in [5.74, 6) is -0.238. The van der Waals surface area contributed by atoms with E-state index in [1.165, 1.54) is 11.3 Å². The van der Waals surface area contributed by atoms with Gasteiger partial charge >= 0.3 is 5.97 Å². The van der Waals surface area contributed by atoms with Gasteiger partial charge in [-0.05, 0) is 32.4 Å². The van der Waals surface area contributed by atoms with Crippen molar-refractivity contribution in [3.8, 4) is 0 Å². The average molecular weight is 293 g/mol. The van der Waals surface area contributed by atoms with E-state index in [4.69, 9.17) is 9.52 Å². The Labute approximate surface area is 120 Å². The zero-order valence-corrected chi connectivity index (χ0v) is 12.3. The fourth-order valence-electron chi connectivity index (χ4n) is 1.89. The average Bonchev–Trinajstić information content (AvgIpc) is 2.92. The molecule has 2 N–H and O–H groups in total. The fraction of sp³-hybridized carbons (Fsp3) is 0.286. The van der Waals surface area contributed by atoms with Gasteiger partial charge in [0.15, 0.2) is 0 Å². The van der Waals surface area contributed by atoms with Crippen LogP contribution in [-0.4, -0.2) is 17.0 Å². The van der Waals surface area contributed by atoms with Gasteiger partial charge in [-0.3, -0.25) is 4.79 Å². The highest BCUT2D eigenvalue weighted by molar-refractivity contribution is 7.16. The van der Waals surface area contributed by atoms with Crippen molar-refractivity contribution in [1.82, 2.24) is 0 Å². The van der Waals surface area contributed by atoms with Crippen molar-refractivity contribution < 1.29 is 19.1 Å². The van der Waals surface area contributed by atoms with E-state index in [9.17, 15) is 9.59 Å². The molecule has 0 atom stereocenters. The molecule has 5 nitrogen and oxygen atoms in total. The van der Waals surface area contributed by atoms with Gasteiger partial charge in [0.1, 0.15) is 16.5 Å². The van der Waals surface area contributed by atoms with Gasteiger partial charge in [0.05, 0.1) is 11.1 Å². The van der Waals surface area contributed by atoms with Crippen LogP contribution < -0.4 is 5.32 Å². The van der Waals surface area contributed by atoms with Gasteiger partial charge in [-0.25, -0.2) is 4.79 Å². The summed E-state index contributed by atoms with van der Waals surface area (Å²) in [6.45, 7) is 5.39. The van der Waals surface area contributed by atoms with E-state index in [1.54, 1.807) is 26.0 Å². The monoisotopic (exact) mass is 293 g/mol. The van der Waals surface area contributed by atoms with Crippen LogP contribution in [0.15, 0.2) is 16.5 Å². The molecule has 0 unspecified atom stereocenters. The van der Waals surface area contributed by atoms with Crippen LogP contribution in [-0.2, 0) is 6.42 Å². The SMILES string of the molecule is CCc1cc(C(=O)O)c(NC(=O)c2cc(C)oc2C)s1. The van der Waals surface area contributed by atoms with Gasteiger partial charge in [0.2, 0.25) is 0 Å². The van der Waals surface area contributed by atoms with E-state index in [0.29, 0.717) is 22.1 Å². The van der Waals surface area contributed by atoms with Crippen LogP contribution in [0.4, 0.5) is 5.00 Å². The number of thiophene rings is 1. The molecule has 0 aliphatic carbocycles. The van der Waals surface area contributed by atoms with Crippen LogP contribution in [0.2, 0.25) is 0 Å². The van der Waals surface area contributed by atoms with Crippen LogP contribution in [0, 0.1) is 13.8 Å². The molecule has 2 heterocycles. The van der Waals surface area contributed by atoms with E-state index < -0.39 is 5.97 Å². The number of aryl methyl sites for hydroxylation is 3. The molecule has 0 bridgehead atoms. The Morgan fingerprint density at radius 2 is 2.00 bits per heavy atom. The molecule has 2 aromatic heterocycles. The minimum Gasteiger partial charge on any atom is -0.478 e. The number of hydrogen-bond acceptors (Lipinski definition) is 4. The number of nitrogens with one attached hydrogen (secondary N) is 1. The van der Waals surface area contributed by atoms with Crippen LogP contribution in [0.3, 0.4) is 0 Å². The van der Waals surface area contributed by atoms with Crippen molar-refractivity contribution >= 4 is 28.2 Å². The topological polar surface area (TPSA) is 79.5 Å². The smallest absolute Gasteiger partial charge is 0.338 e. The molecule has 2 aromatic rings. The lowest BCUT2D eigenvalue weighted by molar-refractivity contribution is 0.0698. The molecular formula is C14H15NO4S. The largest absolute Gasteiger partial charge is 0.478 e. The van der Waals surface area contributed by atoms with Crippen LogP contribution in [0.5, 0.6) is 0 Å². The van der Waals surface area contributed by atoms with Crippen molar-refractivity contribution in [2.24, 2.45) is 0 Å². The third kappa shape index (κ3) is 2.75. The van der Waals surface area contributed by atoms with Gasteiger partial charge in [0, 0.05) is 4.88 Å². The molecule has 0 saturated heterocycles. The first-order valence-electron chi connectivity index (χ1n) is 6.16. The van der Waals surface area contributed by atoms with E-state index >= 15 is 0 Å². The number of aromatic carboxylic acids is 1. The molecule has 2 rings (SSSR count). The number of hydrogen-bond donors (Lipinski definition) is 2. The molecule has 20 heavy (non-hydrogen) atoms. The molecule has 0 aliphatic rings. The predicted octanol–water partition coefficient (Wildman–Crippen LogP) is 3.47. The number of carbonyl (C=O) groups excluding carboxylic acids is 1. The second-order valence-electron chi connectivity index (χ2n) is 4.40. The van der Waals surface area contributed by atoms with Gasteiger partial charge in [-0.15, -0.1) is 11.3 Å². The highest BCUT2D eigenvalue weighted by atomic mass is 32.1. The molecule has 0 aromatic carbocycles. The van der Waals surface area contributed by atoms with Crippen molar-refractivity contribution in [2.75, 3.05) is 5.32 Å². The number of carboxylic acid groups (broad SMARTS) is 1. The number of furan rings is 1. The zero-order chi connectivity index (χ0) is 14.9. The van der Waals surface area contributed by atoms with Crippen LogP contribution >= 0.6 is 11.3 Å². The quantitative estimate of drug-likeness (QED) is 0.904. The van der Waals surface area contributed by atoms with Gasteiger partial charge in [-0.1, -0.05) is 6.92 Å². The van der Waals surface area contributed by atoms with Crippen molar-refractivity contribution in [2.45, 2.75) is 27.2 Å². The van der Waals surface area contributed by atoms with Crippen LogP contribution in [0.25, 0.3) is 0 Å². The summed E-state index contributed by atoms with van der Waals surface area (Å²) < 4.78 is 5.30. The lowest BCUT2D eigenvalue weighted by atomic mass is 10.2. The highest BCUT2D eigenvalue weighted by Crippen LogP contribution is 2.29. The molecule has 0 spiro atoms. The molecule has 0 saturated carbocycles. The Hall–Kier alpha value is -2.08. The van der Waals surface area contributed by atoms with E-state index in [-0.39, 0.29) is 11.5 Å². The Morgan fingerprint density at radius 1 is 1.30 bits per heavy atom. The minimum absolute atomic E-state index is 0.123. The maximum Gasteiger partial charge on any atom is 0.338 e. The number of amides is 1. The first kappa shape index (κ1) is 14.3. The molecular weight excluding hydrogens is 278 g/mol. The third-order valence-electron chi connectivity index (χ3n) is 2.87. The summed E-state index contributed by atoms with van der Waals surface area (Å²) >= 11 is 1.28. The molecule has 0 fully saturated rings. The summed E-state index contributed by atoms with van der Waals surface area (Å²) in [6.07, 6.45) is 0.727. The molecule has 106 valence electrons. The predicted molar refractivity (Wildman–Crippen MR) is 76.8 cm³/mol. The van der Waals surface area contributed by atoms with Gasteiger partial charge in [0.25, 0.3) is 5.91 Å². The summed E-state index contributed by atoms with van der Waals surface area (Å²) in [5.41, 5.74) is 0.545. The Bertz CT molecular complexity index is 669. The van der Waals surface area contributed by atoms with Gasteiger partial charge in [-0.2, -0.15) is 0 Å². The number of carbonyl (C=O) groups is 2. The Morgan fingerprint density at radius 3 is 2.50 bits per heavy atom. The first-order valence-corrected chi connectivity index (χ1v) is 6.98. The third-order valence-corrected chi connectivity index (χ3v) is 4.07.